The Labute approximate surface area is 141 Å². The lowest BCUT2D eigenvalue weighted by Gasteiger charge is -2.17. The zero-order valence-electron chi connectivity index (χ0n) is 12.6. The van der Waals surface area contributed by atoms with E-state index >= 15 is 0 Å². The number of rotatable bonds is 5. The third-order valence-electron chi connectivity index (χ3n) is 3.31. The van der Waals surface area contributed by atoms with E-state index < -0.39 is 0 Å². The molecule has 0 saturated heterocycles. The van der Waals surface area contributed by atoms with Crippen LogP contribution in [-0.4, -0.2) is 12.2 Å². The zero-order valence-corrected chi connectivity index (χ0v) is 14.2. The summed E-state index contributed by atoms with van der Waals surface area (Å²) in [4.78, 5) is 0. The molecular formula is C17H19ClN2OS. The van der Waals surface area contributed by atoms with Crippen molar-refractivity contribution in [2.24, 2.45) is 0 Å². The molecule has 2 aromatic rings. The Balaban J connectivity index is 1.84. The number of methoxy groups -OCH3 is 1. The predicted octanol–water partition coefficient (Wildman–Crippen LogP) is 4.07. The summed E-state index contributed by atoms with van der Waals surface area (Å²) in [6, 6.07) is 15.7. The monoisotopic (exact) mass is 334 g/mol. The SMILES string of the molecule is COc1ccc(CNC(=S)N[C@@H](C)c2cccc(Cl)c2)cc1. The molecule has 2 rings (SSSR count). The molecule has 22 heavy (non-hydrogen) atoms. The molecule has 2 aromatic carbocycles. The van der Waals surface area contributed by atoms with Crippen molar-refractivity contribution >= 4 is 28.9 Å². The lowest BCUT2D eigenvalue weighted by Crippen LogP contribution is -2.36. The number of hydrogen-bond acceptors (Lipinski definition) is 2. The molecule has 0 radical (unpaired) electrons. The van der Waals surface area contributed by atoms with Crippen LogP contribution in [0.4, 0.5) is 0 Å². The quantitative estimate of drug-likeness (QED) is 0.807. The Hall–Kier alpha value is -1.78. The van der Waals surface area contributed by atoms with Crippen LogP contribution < -0.4 is 15.4 Å². The van der Waals surface area contributed by atoms with E-state index in [0.717, 1.165) is 21.9 Å². The molecule has 2 N–H and O–H groups in total. The molecule has 0 fully saturated rings. The van der Waals surface area contributed by atoms with Crippen LogP contribution >= 0.6 is 23.8 Å². The van der Waals surface area contributed by atoms with Gasteiger partial charge in [-0.1, -0.05) is 35.9 Å². The van der Waals surface area contributed by atoms with Crippen molar-refractivity contribution in [3.8, 4) is 5.75 Å². The number of thiocarbonyl (C=S) groups is 1. The van der Waals surface area contributed by atoms with E-state index in [-0.39, 0.29) is 6.04 Å². The van der Waals surface area contributed by atoms with Crippen LogP contribution in [0.3, 0.4) is 0 Å². The van der Waals surface area contributed by atoms with Crippen LogP contribution in [0.2, 0.25) is 5.02 Å². The molecular weight excluding hydrogens is 316 g/mol. The number of halogens is 1. The van der Waals surface area contributed by atoms with E-state index in [4.69, 9.17) is 28.6 Å². The second kappa shape index (κ2) is 8.01. The Morgan fingerprint density at radius 2 is 1.95 bits per heavy atom. The molecule has 0 aromatic heterocycles. The summed E-state index contributed by atoms with van der Waals surface area (Å²) in [5.41, 5.74) is 2.24. The first-order valence-corrected chi connectivity index (χ1v) is 7.80. The molecule has 0 spiro atoms. The number of benzene rings is 2. The number of nitrogens with one attached hydrogen (secondary N) is 2. The lowest BCUT2D eigenvalue weighted by molar-refractivity contribution is 0.414. The van der Waals surface area contributed by atoms with Crippen molar-refractivity contribution in [1.29, 1.82) is 0 Å². The molecule has 0 saturated carbocycles. The maximum absolute atomic E-state index is 6.00. The van der Waals surface area contributed by atoms with Gasteiger partial charge in [0, 0.05) is 11.6 Å². The highest BCUT2D eigenvalue weighted by Gasteiger charge is 2.07. The molecule has 0 amide bonds. The maximum atomic E-state index is 6.00. The van der Waals surface area contributed by atoms with Crippen molar-refractivity contribution in [3.63, 3.8) is 0 Å². The molecule has 0 unspecified atom stereocenters. The minimum absolute atomic E-state index is 0.0922. The van der Waals surface area contributed by atoms with Gasteiger partial charge in [0.2, 0.25) is 0 Å². The zero-order chi connectivity index (χ0) is 15.9. The summed E-state index contributed by atoms with van der Waals surface area (Å²) in [5.74, 6) is 0.846. The molecule has 0 heterocycles. The van der Waals surface area contributed by atoms with Crippen molar-refractivity contribution in [3.05, 3.63) is 64.7 Å². The summed E-state index contributed by atoms with van der Waals surface area (Å²) in [6.45, 7) is 2.71. The Morgan fingerprint density at radius 1 is 1.23 bits per heavy atom. The van der Waals surface area contributed by atoms with E-state index in [2.05, 4.69) is 10.6 Å². The second-order valence-corrected chi connectivity index (χ2v) is 5.80. The van der Waals surface area contributed by atoms with Crippen molar-refractivity contribution in [1.82, 2.24) is 10.6 Å². The van der Waals surface area contributed by atoms with Gasteiger partial charge in [0.25, 0.3) is 0 Å². The van der Waals surface area contributed by atoms with Gasteiger partial charge in [0.1, 0.15) is 5.75 Å². The molecule has 0 aliphatic rings. The van der Waals surface area contributed by atoms with E-state index in [1.54, 1.807) is 7.11 Å². The standard InChI is InChI=1S/C17H19ClN2OS/c1-12(14-4-3-5-15(18)10-14)20-17(22)19-11-13-6-8-16(21-2)9-7-13/h3-10,12H,11H2,1-2H3,(H2,19,20,22)/t12-/m0/s1. The molecule has 0 aliphatic carbocycles. The van der Waals surface area contributed by atoms with E-state index in [9.17, 15) is 0 Å². The topological polar surface area (TPSA) is 33.3 Å². The van der Waals surface area contributed by atoms with Crippen LogP contribution in [0, 0.1) is 0 Å². The Bertz CT molecular complexity index is 631. The number of hydrogen-bond donors (Lipinski definition) is 2. The summed E-state index contributed by atoms with van der Waals surface area (Å²) >= 11 is 11.3. The summed E-state index contributed by atoms with van der Waals surface area (Å²) < 4.78 is 5.14. The molecule has 3 nitrogen and oxygen atoms in total. The third-order valence-corrected chi connectivity index (χ3v) is 3.81. The van der Waals surface area contributed by atoms with E-state index in [1.807, 2.05) is 55.5 Å². The fraction of sp³-hybridized carbons (Fsp3) is 0.235. The second-order valence-electron chi connectivity index (χ2n) is 4.95. The molecule has 1 atom stereocenters. The van der Waals surface area contributed by atoms with E-state index in [1.165, 1.54) is 0 Å². The Morgan fingerprint density at radius 3 is 2.59 bits per heavy atom. The summed E-state index contributed by atoms with van der Waals surface area (Å²) in [5, 5.41) is 7.79. The Kier molecular flexibility index (Phi) is 6.04. The molecule has 0 aliphatic heterocycles. The van der Waals surface area contributed by atoms with Crippen molar-refractivity contribution < 1.29 is 4.74 Å². The first kappa shape index (κ1) is 16.6. The minimum Gasteiger partial charge on any atom is -0.497 e. The first-order valence-electron chi connectivity index (χ1n) is 7.01. The van der Waals surface area contributed by atoms with Gasteiger partial charge in [0.15, 0.2) is 5.11 Å². The van der Waals surface area contributed by atoms with Crippen LogP contribution in [-0.2, 0) is 6.54 Å². The van der Waals surface area contributed by atoms with Gasteiger partial charge >= 0.3 is 0 Å². The fourth-order valence-electron chi connectivity index (χ4n) is 2.03. The van der Waals surface area contributed by atoms with Gasteiger partial charge < -0.3 is 15.4 Å². The molecule has 0 bridgehead atoms. The average molecular weight is 335 g/mol. The third kappa shape index (κ3) is 4.90. The van der Waals surface area contributed by atoms with Gasteiger partial charge in [-0.3, -0.25) is 0 Å². The van der Waals surface area contributed by atoms with Crippen LogP contribution in [0.25, 0.3) is 0 Å². The van der Waals surface area contributed by atoms with Crippen LogP contribution in [0.5, 0.6) is 5.75 Å². The van der Waals surface area contributed by atoms with Crippen LogP contribution in [0.1, 0.15) is 24.1 Å². The predicted molar refractivity (Wildman–Crippen MR) is 95.4 cm³/mol. The lowest BCUT2D eigenvalue weighted by atomic mass is 10.1. The fourth-order valence-corrected chi connectivity index (χ4v) is 2.48. The molecule has 5 heteroatoms. The van der Waals surface area contributed by atoms with E-state index in [0.29, 0.717) is 11.7 Å². The van der Waals surface area contributed by atoms with Crippen LogP contribution in [0.15, 0.2) is 48.5 Å². The largest absolute Gasteiger partial charge is 0.497 e. The highest BCUT2D eigenvalue weighted by molar-refractivity contribution is 7.80. The van der Waals surface area contributed by atoms with Crippen molar-refractivity contribution in [2.45, 2.75) is 19.5 Å². The van der Waals surface area contributed by atoms with Gasteiger partial charge in [0.05, 0.1) is 13.2 Å². The van der Waals surface area contributed by atoms with Gasteiger partial charge in [-0.15, -0.1) is 0 Å². The first-order chi connectivity index (χ1) is 10.6. The van der Waals surface area contributed by atoms with Gasteiger partial charge in [-0.2, -0.15) is 0 Å². The highest BCUT2D eigenvalue weighted by Crippen LogP contribution is 2.17. The maximum Gasteiger partial charge on any atom is 0.167 e. The normalized spacial score (nSPS) is 11.6. The number of ether oxygens (including phenoxy) is 1. The average Bonchev–Trinajstić information content (AvgIpc) is 2.53. The summed E-state index contributed by atoms with van der Waals surface area (Å²) in [6.07, 6.45) is 0. The smallest absolute Gasteiger partial charge is 0.167 e. The molecule has 116 valence electrons. The minimum atomic E-state index is 0.0922. The summed E-state index contributed by atoms with van der Waals surface area (Å²) in [7, 11) is 1.66. The van der Waals surface area contributed by atoms with Gasteiger partial charge in [-0.25, -0.2) is 0 Å². The van der Waals surface area contributed by atoms with Gasteiger partial charge in [-0.05, 0) is 54.5 Å². The highest BCUT2D eigenvalue weighted by atomic mass is 35.5. The van der Waals surface area contributed by atoms with Crippen molar-refractivity contribution in [2.75, 3.05) is 7.11 Å².